The van der Waals surface area contributed by atoms with Crippen molar-refractivity contribution in [3.8, 4) is 0 Å². The second-order valence-corrected chi connectivity index (χ2v) is 6.23. The van der Waals surface area contributed by atoms with Gasteiger partial charge in [-0.2, -0.15) is 0 Å². The summed E-state index contributed by atoms with van der Waals surface area (Å²) in [4.78, 5) is 31.3. The lowest BCUT2D eigenvalue weighted by Gasteiger charge is -2.14. The third-order valence-electron chi connectivity index (χ3n) is 4.12. The highest BCUT2D eigenvalue weighted by Gasteiger charge is 2.11. The van der Waals surface area contributed by atoms with E-state index in [2.05, 4.69) is 20.6 Å². The minimum Gasteiger partial charge on any atom is -0.366 e. The number of amides is 2. The van der Waals surface area contributed by atoms with Crippen LogP contribution in [0.2, 0.25) is 0 Å². The maximum Gasteiger partial charge on any atom is 0.248 e. The summed E-state index contributed by atoms with van der Waals surface area (Å²) >= 11 is 0. The molecular formula is C20H20N6O2. The first-order valence-corrected chi connectivity index (χ1v) is 8.52. The van der Waals surface area contributed by atoms with E-state index < -0.39 is 11.8 Å². The van der Waals surface area contributed by atoms with Gasteiger partial charge in [0.25, 0.3) is 0 Å². The zero-order valence-electron chi connectivity index (χ0n) is 15.5. The molecule has 0 aliphatic heterocycles. The van der Waals surface area contributed by atoms with Gasteiger partial charge in [0.15, 0.2) is 0 Å². The molecule has 0 bridgehead atoms. The number of hydrogen-bond acceptors (Lipinski definition) is 6. The first-order valence-electron chi connectivity index (χ1n) is 8.52. The van der Waals surface area contributed by atoms with Crippen LogP contribution in [0.5, 0.6) is 0 Å². The van der Waals surface area contributed by atoms with E-state index in [1.165, 1.54) is 0 Å². The van der Waals surface area contributed by atoms with Gasteiger partial charge >= 0.3 is 0 Å². The molecule has 0 saturated heterocycles. The zero-order chi connectivity index (χ0) is 20.3. The lowest BCUT2D eigenvalue weighted by molar-refractivity contribution is 0.0992. The number of primary amides is 2. The molecule has 3 rings (SSSR count). The van der Waals surface area contributed by atoms with Crippen LogP contribution in [0.15, 0.2) is 48.5 Å². The van der Waals surface area contributed by atoms with Crippen LogP contribution in [-0.2, 0) is 0 Å². The molecule has 0 aliphatic carbocycles. The molecular weight excluding hydrogens is 356 g/mol. The molecule has 142 valence electrons. The van der Waals surface area contributed by atoms with E-state index in [-0.39, 0.29) is 0 Å². The molecule has 0 saturated carbocycles. The average molecular weight is 376 g/mol. The maximum absolute atomic E-state index is 11.2. The van der Waals surface area contributed by atoms with E-state index in [9.17, 15) is 9.59 Å². The average Bonchev–Trinajstić information content (AvgIpc) is 2.66. The number of nitrogens with one attached hydrogen (secondary N) is 2. The van der Waals surface area contributed by atoms with Gasteiger partial charge in [-0.05, 0) is 62.4 Å². The Kier molecular flexibility index (Phi) is 5.21. The Hall–Kier alpha value is -3.94. The number of hydrogen-bond donors (Lipinski definition) is 4. The van der Waals surface area contributed by atoms with Crippen molar-refractivity contribution in [2.75, 3.05) is 10.6 Å². The smallest absolute Gasteiger partial charge is 0.248 e. The molecule has 0 spiro atoms. The minimum absolute atomic E-state index is 0.433. The third-order valence-corrected chi connectivity index (χ3v) is 4.12. The number of rotatable bonds is 6. The molecule has 28 heavy (non-hydrogen) atoms. The van der Waals surface area contributed by atoms with Gasteiger partial charge in [0.2, 0.25) is 11.8 Å². The first kappa shape index (κ1) is 18.8. The van der Waals surface area contributed by atoms with Gasteiger partial charge in [-0.3, -0.25) is 9.59 Å². The van der Waals surface area contributed by atoms with Crippen LogP contribution in [0.3, 0.4) is 0 Å². The van der Waals surface area contributed by atoms with Crippen LogP contribution < -0.4 is 22.1 Å². The summed E-state index contributed by atoms with van der Waals surface area (Å²) in [5, 5.41) is 6.45. The predicted octanol–water partition coefficient (Wildman–Crippen LogP) is 2.78. The number of aromatic nitrogens is 2. The quantitative estimate of drug-likeness (QED) is 0.522. The van der Waals surface area contributed by atoms with Gasteiger partial charge in [0.1, 0.15) is 17.5 Å². The maximum atomic E-state index is 11.2. The van der Waals surface area contributed by atoms with Crippen molar-refractivity contribution in [2.45, 2.75) is 13.8 Å². The fraction of sp³-hybridized carbons (Fsp3) is 0.100. The van der Waals surface area contributed by atoms with Crippen molar-refractivity contribution >= 4 is 34.8 Å². The van der Waals surface area contributed by atoms with Crippen molar-refractivity contribution in [1.82, 2.24) is 9.97 Å². The van der Waals surface area contributed by atoms with Crippen LogP contribution in [0.25, 0.3) is 0 Å². The van der Waals surface area contributed by atoms with Crippen molar-refractivity contribution in [2.24, 2.45) is 11.5 Å². The van der Waals surface area contributed by atoms with Gasteiger partial charge in [0, 0.05) is 28.1 Å². The summed E-state index contributed by atoms with van der Waals surface area (Å²) in [6.07, 6.45) is 0. The number of carbonyl (C=O) groups is 2. The number of anilines is 4. The molecule has 2 aromatic carbocycles. The number of carbonyl (C=O) groups excluding carboxylic acids is 2. The Balaban J connectivity index is 1.85. The summed E-state index contributed by atoms with van der Waals surface area (Å²) in [5.41, 5.74) is 13.7. The summed E-state index contributed by atoms with van der Waals surface area (Å²) in [6, 6.07) is 13.6. The Morgan fingerprint density at radius 1 is 0.714 bits per heavy atom. The summed E-state index contributed by atoms with van der Waals surface area (Å²) in [5.74, 6) is 0.896. The molecule has 1 aromatic heterocycles. The fourth-order valence-electron chi connectivity index (χ4n) is 2.58. The van der Waals surface area contributed by atoms with Crippen LogP contribution in [-0.4, -0.2) is 21.8 Å². The molecule has 3 aromatic rings. The van der Waals surface area contributed by atoms with Crippen LogP contribution in [0, 0.1) is 13.8 Å². The van der Waals surface area contributed by atoms with E-state index in [0.717, 1.165) is 16.9 Å². The van der Waals surface area contributed by atoms with Crippen molar-refractivity contribution in [1.29, 1.82) is 0 Å². The van der Waals surface area contributed by atoms with Crippen LogP contribution in [0.4, 0.5) is 23.0 Å². The van der Waals surface area contributed by atoms with Crippen molar-refractivity contribution in [3.63, 3.8) is 0 Å². The van der Waals surface area contributed by atoms with E-state index in [4.69, 9.17) is 11.5 Å². The van der Waals surface area contributed by atoms with Gasteiger partial charge in [0.05, 0.1) is 0 Å². The minimum atomic E-state index is -0.477. The largest absolute Gasteiger partial charge is 0.366 e. The monoisotopic (exact) mass is 376 g/mol. The summed E-state index contributed by atoms with van der Waals surface area (Å²) < 4.78 is 0. The number of nitrogens with zero attached hydrogens (tertiary/aromatic N) is 2. The Bertz CT molecular complexity index is 949. The normalized spacial score (nSPS) is 10.4. The molecule has 8 heteroatoms. The molecule has 0 atom stereocenters. The molecule has 0 radical (unpaired) electrons. The lowest BCUT2D eigenvalue weighted by Crippen LogP contribution is -2.11. The first-order chi connectivity index (χ1) is 13.3. The molecule has 6 N–H and O–H groups in total. The number of nitrogens with two attached hydrogens (primary N) is 2. The zero-order valence-corrected chi connectivity index (χ0v) is 15.5. The molecule has 1 heterocycles. The second-order valence-electron chi connectivity index (χ2n) is 6.23. The Morgan fingerprint density at radius 2 is 1.07 bits per heavy atom. The van der Waals surface area contributed by atoms with Gasteiger partial charge in [-0.1, -0.05) is 0 Å². The molecule has 2 amide bonds. The number of aryl methyl sites for hydroxylation is 1. The van der Waals surface area contributed by atoms with Crippen molar-refractivity contribution < 1.29 is 9.59 Å². The molecule has 0 unspecified atom stereocenters. The van der Waals surface area contributed by atoms with Crippen molar-refractivity contribution in [3.05, 3.63) is 71.0 Å². The second kappa shape index (κ2) is 7.75. The third kappa shape index (κ3) is 4.24. The SMILES string of the molecule is Cc1nc(Nc2ccc(C(N)=O)cc2)c(C)c(Nc2ccc(C(N)=O)cc2)n1. The topological polar surface area (TPSA) is 136 Å². The standard InChI is InChI=1S/C20H20N6O2/c1-11-19(25-15-7-3-13(4-8-15)17(21)27)23-12(2)24-20(11)26-16-9-5-14(6-10-16)18(22)28/h3-10H,1-2H3,(H2,21,27)(H2,22,28)(H2,23,24,25,26). The van der Waals surface area contributed by atoms with Crippen LogP contribution >= 0.6 is 0 Å². The highest BCUT2D eigenvalue weighted by atomic mass is 16.1. The van der Waals surface area contributed by atoms with E-state index in [0.29, 0.717) is 28.6 Å². The number of benzene rings is 2. The molecule has 0 fully saturated rings. The molecule has 8 nitrogen and oxygen atoms in total. The lowest BCUT2D eigenvalue weighted by atomic mass is 10.2. The van der Waals surface area contributed by atoms with E-state index in [1.54, 1.807) is 55.5 Å². The Morgan fingerprint density at radius 3 is 1.39 bits per heavy atom. The Labute approximate surface area is 162 Å². The van der Waals surface area contributed by atoms with Gasteiger partial charge in [-0.15, -0.1) is 0 Å². The highest BCUT2D eigenvalue weighted by Crippen LogP contribution is 2.26. The van der Waals surface area contributed by atoms with E-state index >= 15 is 0 Å². The van der Waals surface area contributed by atoms with Gasteiger partial charge < -0.3 is 22.1 Å². The highest BCUT2D eigenvalue weighted by molar-refractivity contribution is 5.93. The summed E-state index contributed by atoms with van der Waals surface area (Å²) in [7, 11) is 0. The predicted molar refractivity (Wildman–Crippen MR) is 108 cm³/mol. The summed E-state index contributed by atoms with van der Waals surface area (Å²) in [6.45, 7) is 3.68. The fourth-order valence-corrected chi connectivity index (χ4v) is 2.58. The van der Waals surface area contributed by atoms with E-state index in [1.807, 2.05) is 6.92 Å². The van der Waals surface area contributed by atoms with Gasteiger partial charge in [-0.25, -0.2) is 9.97 Å². The van der Waals surface area contributed by atoms with Crippen LogP contribution in [0.1, 0.15) is 32.1 Å². The molecule has 0 aliphatic rings.